The summed E-state index contributed by atoms with van der Waals surface area (Å²) in [6.07, 6.45) is 2.64. The van der Waals surface area contributed by atoms with Crippen molar-refractivity contribution in [2.75, 3.05) is 38.7 Å². The standard InChI is InChI=1S/C8H17BrN2/c1-10-6-7-11(8-10)5-3-2-4-9/h2-8H2,1H3. The third kappa shape index (κ3) is 3.54. The van der Waals surface area contributed by atoms with Gasteiger partial charge in [-0.2, -0.15) is 0 Å². The van der Waals surface area contributed by atoms with Gasteiger partial charge in [-0.15, -0.1) is 0 Å². The van der Waals surface area contributed by atoms with Crippen molar-refractivity contribution in [2.45, 2.75) is 12.8 Å². The molecule has 1 aliphatic rings. The molecule has 3 heteroatoms. The van der Waals surface area contributed by atoms with Gasteiger partial charge in [-0.3, -0.25) is 9.80 Å². The molecule has 0 N–H and O–H groups in total. The van der Waals surface area contributed by atoms with Gasteiger partial charge in [0.15, 0.2) is 0 Å². The lowest BCUT2D eigenvalue weighted by atomic mass is 10.3. The van der Waals surface area contributed by atoms with Crippen LogP contribution in [-0.4, -0.2) is 48.5 Å². The molecule has 0 aromatic carbocycles. The molecule has 66 valence electrons. The zero-order valence-electron chi connectivity index (χ0n) is 7.22. The minimum atomic E-state index is 1.15. The van der Waals surface area contributed by atoms with E-state index in [9.17, 15) is 0 Å². The highest BCUT2D eigenvalue weighted by Gasteiger charge is 2.14. The largest absolute Gasteiger partial charge is 0.292 e. The molecule has 0 spiro atoms. The molecule has 0 aliphatic carbocycles. The van der Waals surface area contributed by atoms with E-state index in [0.29, 0.717) is 0 Å². The molecular formula is C8H17BrN2. The van der Waals surface area contributed by atoms with Crippen molar-refractivity contribution in [2.24, 2.45) is 0 Å². The van der Waals surface area contributed by atoms with E-state index in [2.05, 4.69) is 32.8 Å². The molecule has 0 aromatic rings. The van der Waals surface area contributed by atoms with E-state index < -0.39 is 0 Å². The molecule has 1 heterocycles. The molecule has 0 bridgehead atoms. The van der Waals surface area contributed by atoms with Gasteiger partial charge in [0.25, 0.3) is 0 Å². The fourth-order valence-corrected chi connectivity index (χ4v) is 1.80. The van der Waals surface area contributed by atoms with Gasteiger partial charge in [0, 0.05) is 18.4 Å². The van der Waals surface area contributed by atoms with Gasteiger partial charge in [0.2, 0.25) is 0 Å². The Labute approximate surface area is 77.7 Å². The molecule has 1 rings (SSSR count). The number of hydrogen-bond donors (Lipinski definition) is 0. The molecule has 0 amide bonds. The Bertz CT molecular complexity index is 108. The van der Waals surface area contributed by atoms with Crippen molar-refractivity contribution in [1.29, 1.82) is 0 Å². The smallest absolute Gasteiger partial charge is 0.0504 e. The number of unbranched alkanes of at least 4 members (excludes halogenated alkanes) is 1. The monoisotopic (exact) mass is 220 g/mol. The number of hydrogen-bond acceptors (Lipinski definition) is 2. The average molecular weight is 221 g/mol. The molecule has 1 aliphatic heterocycles. The Morgan fingerprint density at radius 2 is 2.09 bits per heavy atom. The summed E-state index contributed by atoms with van der Waals surface area (Å²) in [4.78, 5) is 4.89. The average Bonchev–Trinajstić information content (AvgIpc) is 2.37. The van der Waals surface area contributed by atoms with Gasteiger partial charge in [-0.05, 0) is 26.4 Å². The lowest BCUT2D eigenvalue weighted by Gasteiger charge is -2.14. The van der Waals surface area contributed by atoms with Crippen molar-refractivity contribution >= 4 is 15.9 Å². The first-order valence-corrected chi connectivity index (χ1v) is 5.42. The molecule has 0 radical (unpaired) electrons. The minimum absolute atomic E-state index is 1.15. The van der Waals surface area contributed by atoms with E-state index in [4.69, 9.17) is 0 Å². The van der Waals surface area contributed by atoms with Gasteiger partial charge in [0.1, 0.15) is 0 Å². The van der Waals surface area contributed by atoms with E-state index in [1.54, 1.807) is 0 Å². The fourth-order valence-electron chi connectivity index (χ4n) is 1.41. The molecule has 0 unspecified atom stereocenters. The van der Waals surface area contributed by atoms with Gasteiger partial charge >= 0.3 is 0 Å². The Kier molecular flexibility index (Phi) is 4.41. The van der Waals surface area contributed by atoms with Gasteiger partial charge in [-0.25, -0.2) is 0 Å². The first-order valence-electron chi connectivity index (χ1n) is 4.30. The Morgan fingerprint density at radius 1 is 1.27 bits per heavy atom. The molecule has 0 aromatic heterocycles. The summed E-state index contributed by atoms with van der Waals surface area (Å²) < 4.78 is 0. The SMILES string of the molecule is CN1CCN(CCCCBr)C1. The third-order valence-electron chi connectivity index (χ3n) is 2.10. The van der Waals surface area contributed by atoms with E-state index in [1.165, 1.54) is 39.1 Å². The number of alkyl halides is 1. The van der Waals surface area contributed by atoms with Gasteiger partial charge in [0.05, 0.1) is 6.67 Å². The summed E-state index contributed by atoms with van der Waals surface area (Å²) in [5.41, 5.74) is 0. The Balaban J connectivity index is 1.99. The van der Waals surface area contributed by atoms with Crippen LogP contribution in [0.1, 0.15) is 12.8 Å². The Hall–Kier alpha value is 0.400. The summed E-state index contributed by atoms with van der Waals surface area (Å²) in [7, 11) is 2.19. The van der Waals surface area contributed by atoms with Crippen molar-refractivity contribution in [3.63, 3.8) is 0 Å². The molecule has 2 nitrogen and oxygen atoms in total. The van der Waals surface area contributed by atoms with Crippen molar-refractivity contribution < 1.29 is 0 Å². The Morgan fingerprint density at radius 3 is 2.64 bits per heavy atom. The molecule has 11 heavy (non-hydrogen) atoms. The summed E-state index contributed by atoms with van der Waals surface area (Å²) >= 11 is 3.44. The third-order valence-corrected chi connectivity index (χ3v) is 2.66. The zero-order chi connectivity index (χ0) is 8.10. The van der Waals surface area contributed by atoms with Crippen LogP contribution in [0.4, 0.5) is 0 Å². The van der Waals surface area contributed by atoms with Crippen LogP contribution in [0.5, 0.6) is 0 Å². The summed E-state index contributed by atoms with van der Waals surface area (Å²) in [5, 5.41) is 1.15. The molecule has 0 saturated carbocycles. The first kappa shape index (κ1) is 9.49. The van der Waals surface area contributed by atoms with E-state index in [0.717, 1.165) is 5.33 Å². The van der Waals surface area contributed by atoms with Crippen LogP contribution in [0.15, 0.2) is 0 Å². The van der Waals surface area contributed by atoms with Crippen molar-refractivity contribution in [3.8, 4) is 0 Å². The second-order valence-corrected chi connectivity index (χ2v) is 4.03. The van der Waals surface area contributed by atoms with Crippen LogP contribution in [0.25, 0.3) is 0 Å². The minimum Gasteiger partial charge on any atom is -0.292 e. The number of rotatable bonds is 4. The molecule has 1 saturated heterocycles. The van der Waals surface area contributed by atoms with E-state index in [1.807, 2.05) is 0 Å². The fraction of sp³-hybridized carbons (Fsp3) is 1.00. The van der Waals surface area contributed by atoms with Gasteiger partial charge in [-0.1, -0.05) is 15.9 Å². The predicted molar refractivity (Wildman–Crippen MR) is 52.1 cm³/mol. The van der Waals surface area contributed by atoms with E-state index >= 15 is 0 Å². The lowest BCUT2D eigenvalue weighted by Crippen LogP contribution is -2.24. The topological polar surface area (TPSA) is 6.48 Å². The van der Waals surface area contributed by atoms with Crippen molar-refractivity contribution in [3.05, 3.63) is 0 Å². The maximum absolute atomic E-state index is 3.44. The highest BCUT2D eigenvalue weighted by atomic mass is 79.9. The van der Waals surface area contributed by atoms with Crippen LogP contribution < -0.4 is 0 Å². The first-order chi connectivity index (χ1) is 5.33. The summed E-state index contributed by atoms with van der Waals surface area (Å²) in [5.74, 6) is 0. The van der Waals surface area contributed by atoms with Crippen LogP contribution >= 0.6 is 15.9 Å². The summed E-state index contributed by atoms with van der Waals surface area (Å²) in [6.45, 7) is 4.95. The lowest BCUT2D eigenvalue weighted by molar-refractivity contribution is 0.271. The second-order valence-electron chi connectivity index (χ2n) is 3.24. The maximum Gasteiger partial charge on any atom is 0.0504 e. The molecule has 1 fully saturated rings. The van der Waals surface area contributed by atoms with Crippen LogP contribution in [0.2, 0.25) is 0 Å². The second kappa shape index (κ2) is 5.12. The maximum atomic E-state index is 3.44. The number of nitrogens with zero attached hydrogens (tertiary/aromatic N) is 2. The highest BCUT2D eigenvalue weighted by Crippen LogP contribution is 2.04. The zero-order valence-corrected chi connectivity index (χ0v) is 8.81. The molecule has 0 atom stereocenters. The quantitative estimate of drug-likeness (QED) is 0.522. The van der Waals surface area contributed by atoms with Crippen LogP contribution in [0, 0.1) is 0 Å². The normalized spacial score (nSPS) is 21.3. The predicted octanol–water partition coefficient (Wildman–Crippen LogP) is 1.37. The summed E-state index contributed by atoms with van der Waals surface area (Å²) in [6, 6.07) is 0. The van der Waals surface area contributed by atoms with Crippen LogP contribution in [0.3, 0.4) is 0 Å². The number of halogens is 1. The van der Waals surface area contributed by atoms with Gasteiger partial charge < -0.3 is 0 Å². The van der Waals surface area contributed by atoms with Crippen LogP contribution in [-0.2, 0) is 0 Å². The number of likely N-dealkylation sites (N-methyl/N-ethyl adjacent to an activating group) is 1. The van der Waals surface area contributed by atoms with Crippen molar-refractivity contribution in [1.82, 2.24) is 9.80 Å². The highest BCUT2D eigenvalue weighted by molar-refractivity contribution is 9.09. The van der Waals surface area contributed by atoms with E-state index in [-0.39, 0.29) is 0 Å². The molecular weight excluding hydrogens is 204 g/mol.